The zero-order valence-electron chi connectivity index (χ0n) is 12.9. The van der Waals surface area contributed by atoms with E-state index in [2.05, 4.69) is 15.4 Å². The lowest BCUT2D eigenvalue weighted by Crippen LogP contribution is -2.15. The molecule has 7 heteroatoms. The van der Waals surface area contributed by atoms with Crippen LogP contribution in [0.15, 0.2) is 60.0 Å². The van der Waals surface area contributed by atoms with Gasteiger partial charge in [-0.25, -0.2) is 14.1 Å². The summed E-state index contributed by atoms with van der Waals surface area (Å²) in [5, 5.41) is 7.52. The predicted octanol–water partition coefficient (Wildman–Crippen LogP) is 3.45. The number of rotatable bonds is 5. The molecule has 0 saturated heterocycles. The second-order valence-electron chi connectivity index (χ2n) is 5.06. The molecule has 122 valence electrons. The van der Waals surface area contributed by atoms with E-state index in [9.17, 15) is 9.18 Å². The Bertz CT molecular complexity index is 851. The third-order valence-electron chi connectivity index (χ3n) is 3.37. The van der Waals surface area contributed by atoms with Gasteiger partial charge in [0.2, 0.25) is 11.1 Å². The summed E-state index contributed by atoms with van der Waals surface area (Å²) in [6.45, 7) is 1.63. The monoisotopic (exact) mass is 342 g/mol. The zero-order valence-corrected chi connectivity index (χ0v) is 13.8. The number of nitrogens with zero attached hydrogens (tertiary/aromatic N) is 3. The maximum atomic E-state index is 13.5. The number of benzene rings is 2. The molecular formula is C17H15FN4OS. The molecule has 0 saturated carbocycles. The van der Waals surface area contributed by atoms with E-state index in [4.69, 9.17) is 0 Å². The standard InChI is InChI=1S/C17H15FN4OS/c1-12-14(18)8-5-9-15(12)20-16(23)10-24-17-19-11-22(21-17)13-6-3-2-4-7-13/h2-9,11H,10H2,1H3,(H,20,23). The molecule has 0 aliphatic carbocycles. The molecule has 0 unspecified atom stereocenters. The van der Waals surface area contributed by atoms with Crippen LogP contribution in [-0.2, 0) is 4.79 Å². The van der Waals surface area contributed by atoms with Crippen molar-refractivity contribution in [2.75, 3.05) is 11.1 Å². The van der Waals surface area contributed by atoms with Crippen LogP contribution in [0.1, 0.15) is 5.56 Å². The molecule has 0 atom stereocenters. The van der Waals surface area contributed by atoms with E-state index >= 15 is 0 Å². The zero-order chi connectivity index (χ0) is 16.9. The second kappa shape index (κ2) is 7.27. The van der Waals surface area contributed by atoms with Crippen LogP contribution in [0.2, 0.25) is 0 Å². The van der Waals surface area contributed by atoms with Gasteiger partial charge in [0.05, 0.1) is 11.4 Å². The van der Waals surface area contributed by atoms with E-state index in [-0.39, 0.29) is 17.5 Å². The predicted molar refractivity (Wildman–Crippen MR) is 91.8 cm³/mol. The van der Waals surface area contributed by atoms with Crippen molar-refractivity contribution in [3.05, 3.63) is 66.2 Å². The number of amides is 1. The molecule has 2 aromatic carbocycles. The third-order valence-corrected chi connectivity index (χ3v) is 4.22. The Balaban J connectivity index is 1.59. The lowest BCUT2D eigenvalue weighted by atomic mass is 10.2. The first kappa shape index (κ1) is 16.2. The van der Waals surface area contributed by atoms with E-state index in [1.165, 1.54) is 17.8 Å². The number of nitrogens with one attached hydrogen (secondary N) is 1. The number of carbonyl (C=O) groups excluding carboxylic acids is 1. The fourth-order valence-electron chi connectivity index (χ4n) is 2.08. The summed E-state index contributed by atoms with van der Waals surface area (Å²) in [5.74, 6) is -0.428. The molecule has 0 bridgehead atoms. The van der Waals surface area contributed by atoms with Gasteiger partial charge in [0, 0.05) is 11.3 Å². The van der Waals surface area contributed by atoms with Gasteiger partial charge in [0.15, 0.2) is 0 Å². The third kappa shape index (κ3) is 3.80. The molecule has 24 heavy (non-hydrogen) atoms. The van der Waals surface area contributed by atoms with Crippen LogP contribution in [0.4, 0.5) is 10.1 Å². The van der Waals surface area contributed by atoms with Crippen molar-refractivity contribution in [2.24, 2.45) is 0 Å². The number of para-hydroxylation sites is 1. The summed E-state index contributed by atoms with van der Waals surface area (Å²) in [6.07, 6.45) is 1.60. The van der Waals surface area contributed by atoms with Crippen LogP contribution >= 0.6 is 11.8 Å². The number of aromatic nitrogens is 3. The Labute approximate surface area is 142 Å². The number of hydrogen-bond acceptors (Lipinski definition) is 4. The molecule has 1 heterocycles. The van der Waals surface area contributed by atoms with Crippen LogP contribution in [0, 0.1) is 12.7 Å². The molecule has 1 N–H and O–H groups in total. The van der Waals surface area contributed by atoms with Crippen molar-refractivity contribution in [1.29, 1.82) is 0 Å². The van der Waals surface area contributed by atoms with Crippen LogP contribution in [-0.4, -0.2) is 26.4 Å². The highest BCUT2D eigenvalue weighted by Gasteiger charge is 2.10. The molecule has 0 aliphatic rings. The van der Waals surface area contributed by atoms with E-state index in [1.807, 2.05) is 30.3 Å². The minimum absolute atomic E-state index is 0.148. The average Bonchev–Trinajstić information content (AvgIpc) is 3.07. The van der Waals surface area contributed by atoms with Gasteiger partial charge in [-0.2, -0.15) is 0 Å². The van der Waals surface area contributed by atoms with Gasteiger partial charge in [-0.1, -0.05) is 36.0 Å². The highest BCUT2D eigenvalue weighted by molar-refractivity contribution is 7.99. The highest BCUT2D eigenvalue weighted by Crippen LogP contribution is 2.19. The van der Waals surface area contributed by atoms with Crippen molar-refractivity contribution >= 4 is 23.4 Å². The smallest absolute Gasteiger partial charge is 0.234 e. The summed E-state index contributed by atoms with van der Waals surface area (Å²) >= 11 is 1.22. The Morgan fingerprint density at radius 3 is 2.79 bits per heavy atom. The molecule has 3 aromatic rings. The van der Waals surface area contributed by atoms with Gasteiger partial charge in [-0.15, -0.1) is 5.10 Å². The average molecular weight is 342 g/mol. The summed E-state index contributed by atoms with van der Waals surface area (Å²) in [6, 6.07) is 14.2. The van der Waals surface area contributed by atoms with Crippen molar-refractivity contribution in [3.8, 4) is 5.69 Å². The second-order valence-corrected chi connectivity index (χ2v) is 6.00. The van der Waals surface area contributed by atoms with Gasteiger partial charge >= 0.3 is 0 Å². The van der Waals surface area contributed by atoms with Gasteiger partial charge in [0.1, 0.15) is 12.1 Å². The lowest BCUT2D eigenvalue weighted by molar-refractivity contribution is -0.113. The first-order valence-corrected chi connectivity index (χ1v) is 8.27. The van der Waals surface area contributed by atoms with Crippen LogP contribution in [0.25, 0.3) is 5.69 Å². The molecule has 5 nitrogen and oxygen atoms in total. The minimum Gasteiger partial charge on any atom is -0.325 e. The molecule has 0 aliphatic heterocycles. The maximum absolute atomic E-state index is 13.5. The SMILES string of the molecule is Cc1c(F)cccc1NC(=O)CSc1ncn(-c2ccccc2)n1. The Morgan fingerprint density at radius 2 is 2.00 bits per heavy atom. The van der Waals surface area contributed by atoms with Crippen LogP contribution < -0.4 is 5.32 Å². The fourth-order valence-corrected chi connectivity index (χ4v) is 2.68. The largest absolute Gasteiger partial charge is 0.325 e. The molecule has 1 aromatic heterocycles. The number of hydrogen-bond donors (Lipinski definition) is 1. The number of halogens is 1. The molecule has 3 rings (SSSR count). The van der Waals surface area contributed by atoms with E-state index in [0.29, 0.717) is 16.4 Å². The first-order chi connectivity index (χ1) is 11.6. The van der Waals surface area contributed by atoms with Crippen molar-refractivity contribution in [2.45, 2.75) is 12.1 Å². The van der Waals surface area contributed by atoms with Gasteiger partial charge in [-0.3, -0.25) is 4.79 Å². The molecule has 0 spiro atoms. The Morgan fingerprint density at radius 1 is 1.21 bits per heavy atom. The number of carbonyl (C=O) groups is 1. The quantitative estimate of drug-likeness (QED) is 0.722. The molecular weight excluding hydrogens is 327 g/mol. The van der Waals surface area contributed by atoms with Gasteiger partial charge < -0.3 is 5.32 Å². The van der Waals surface area contributed by atoms with Crippen molar-refractivity contribution in [1.82, 2.24) is 14.8 Å². The minimum atomic E-state index is -0.344. The maximum Gasteiger partial charge on any atom is 0.234 e. The summed E-state index contributed by atoms with van der Waals surface area (Å²) in [7, 11) is 0. The van der Waals surface area contributed by atoms with Gasteiger partial charge in [-0.05, 0) is 31.2 Å². The van der Waals surface area contributed by atoms with E-state index < -0.39 is 0 Å². The fraction of sp³-hybridized carbons (Fsp3) is 0.118. The van der Waals surface area contributed by atoms with Gasteiger partial charge in [0.25, 0.3) is 0 Å². The molecule has 1 amide bonds. The molecule has 0 fully saturated rings. The summed E-state index contributed by atoms with van der Waals surface area (Å²) < 4.78 is 15.1. The Hall–Kier alpha value is -2.67. The topological polar surface area (TPSA) is 59.8 Å². The molecule has 0 radical (unpaired) electrons. The first-order valence-electron chi connectivity index (χ1n) is 7.28. The summed E-state index contributed by atoms with van der Waals surface area (Å²) in [5.41, 5.74) is 1.79. The van der Waals surface area contributed by atoms with Crippen molar-refractivity contribution in [3.63, 3.8) is 0 Å². The van der Waals surface area contributed by atoms with Crippen LogP contribution in [0.5, 0.6) is 0 Å². The number of anilines is 1. The summed E-state index contributed by atoms with van der Waals surface area (Å²) in [4.78, 5) is 16.2. The van der Waals surface area contributed by atoms with E-state index in [1.54, 1.807) is 30.1 Å². The Kier molecular flexibility index (Phi) is 4.90. The van der Waals surface area contributed by atoms with E-state index in [0.717, 1.165) is 5.69 Å². The normalized spacial score (nSPS) is 10.6. The van der Waals surface area contributed by atoms with Crippen LogP contribution in [0.3, 0.4) is 0 Å². The highest BCUT2D eigenvalue weighted by atomic mass is 32.2. The number of thioether (sulfide) groups is 1. The lowest BCUT2D eigenvalue weighted by Gasteiger charge is -2.08. The van der Waals surface area contributed by atoms with Crippen molar-refractivity contribution < 1.29 is 9.18 Å².